The number of aromatic carboxylic acids is 1. The first kappa shape index (κ1) is 20.2. The van der Waals surface area contributed by atoms with Crippen LogP contribution in [0.15, 0.2) is 42.5 Å². The van der Waals surface area contributed by atoms with Crippen molar-refractivity contribution in [2.24, 2.45) is 11.7 Å². The predicted octanol–water partition coefficient (Wildman–Crippen LogP) is 4.78. The number of carboxylic acids is 1. The van der Waals surface area contributed by atoms with Crippen LogP contribution in [0.5, 0.6) is 0 Å². The lowest BCUT2D eigenvalue weighted by Crippen LogP contribution is -2.18. The zero-order valence-electron chi connectivity index (χ0n) is 17.4. The third-order valence-electron chi connectivity index (χ3n) is 6.34. The number of fused-ring (bicyclic) bond motifs is 3. The molecule has 30 heavy (non-hydrogen) atoms. The topological polar surface area (TPSA) is 85.3 Å². The molecule has 4 rings (SSSR count). The molecule has 0 radical (unpaired) electrons. The number of hydrogen-bond acceptors (Lipinski definition) is 2. The average Bonchev–Trinajstić information content (AvgIpc) is 3.05. The SMILES string of the molecule is CCCCC1CCc2c(n(Cc3cccc(C(N)=O)c3)c3c(C(=O)O)cccc23)C1. The lowest BCUT2D eigenvalue weighted by atomic mass is 9.84. The van der Waals surface area contributed by atoms with Crippen LogP contribution in [-0.4, -0.2) is 21.6 Å². The van der Waals surface area contributed by atoms with Crippen LogP contribution in [0.2, 0.25) is 0 Å². The van der Waals surface area contributed by atoms with Gasteiger partial charge in [-0.15, -0.1) is 0 Å². The van der Waals surface area contributed by atoms with Crippen molar-refractivity contribution in [1.82, 2.24) is 4.57 Å². The number of benzene rings is 2. The van der Waals surface area contributed by atoms with Crippen LogP contribution in [0.1, 0.15) is 70.1 Å². The monoisotopic (exact) mass is 404 g/mol. The van der Waals surface area contributed by atoms with Gasteiger partial charge in [-0.1, -0.05) is 50.5 Å². The molecule has 1 unspecified atom stereocenters. The van der Waals surface area contributed by atoms with Gasteiger partial charge in [0.1, 0.15) is 0 Å². The van der Waals surface area contributed by atoms with E-state index in [4.69, 9.17) is 5.73 Å². The number of unbranched alkanes of at least 4 members (excludes halogenated alkanes) is 1. The molecule has 1 aliphatic rings. The summed E-state index contributed by atoms with van der Waals surface area (Å²) in [4.78, 5) is 23.6. The smallest absolute Gasteiger partial charge is 0.337 e. The van der Waals surface area contributed by atoms with Crippen LogP contribution in [0, 0.1) is 5.92 Å². The quantitative estimate of drug-likeness (QED) is 0.594. The normalized spacial score (nSPS) is 15.8. The number of hydrogen-bond donors (Lipinski definition) is 2. The van der Waals surface area contributed by atoms with Crippen LogP contribution < -0.4 is 5.73 Å². The number of carbonyl (C=O) groups excluding carboxylic acids is 1. The fourth-order valence-electron chi connectivity index (χ4n) is 4.86. The van der Waals surface area contributed by atoms with Crippen molar-refractivity contribution >= 4 is 22.8 Å². The van der Waals surface area contributed by atoms with E-state index in [1.165, 1.54) is 30.5 Å². The molecule has 2 aromatic carbocycles. The Hall–Kier alpha value is -3.08. The van der Waals surface area contributed by atoms with E-state index in [1.54, 1.807) is 18.2 Å². The van der Waals surface area contributed by atoms with Gasteiger partial charge in [0.2, 0.25) is 5.91 Å². The van der Waals surface area contributed by atoms with E-state index < -0.39 is 11.9 Å². The van der Waals surface area contributed by atoms with E-state index in [0.717, 1.165) is 35.7 Å². The molecule has 1 aromatic heterocycles. The number of nitrogens with two attached hydrogens (primary N) is 1. The standard InChI is InChI=1S/C25H28N2O3/c1-2-3-6-16-11-12-19-20-9-5-10-21(25(29)30)23(20)27(22(19)14-16)15-17-7-4-8-18(13-17)24(26)28/h4-5,7-10,13,16H,2-3,6,11-12,14-15H2,1H3,(H2,26,28)(H,29,30). The average molecular weight is 405 g/mol. The molecule has 0 fully saturated rings. The second-order valence-corrected chi connectivity index (χ2v) is 8.33. The summed E-state index contributed by atoms with van der Waals surface area (Å²) < 4.78 is 2.17. The van der Waals surface area contributed by atoms with E-state index in [-0.39, 0.29) is 0 Å². The zero-order valence-corrected chi connectivity index (χ0v) is 17.4. The van der Waals surface area contributed by atoms with E-state index in [1.807, 2.05) is 24.3 Å². The van der Waals surface area contributed by atoms with Crippen LogP contribution in [0.4, 0.5) is 0 Å². The van der Waals surface area contributed by atoms with Crippen molar-refractivity contribution < 1.29 is 14.7 Å². The highest BCUT2D eigenvalue weighted by atomic mass is 16.4. The first-order chi connectivity index (χ1) is 14.5. The van der Waals surface area contributed by atoms with Crippen LogP contribution in [0.3, 0.4) is 0 Å². The van der Waals surface area contributed by atoms with Gasteiger partial charge in [0.05, 0.1) is 11.1 Å². The molecule has 1 heterocycles. The molecule has 1 aliphatic carbocycles. The highest BCUT2D eigenvalue weighted by Crippen LogP contribution is 2.37. The summed E-state index contributed by atoms with van der Waals surface area (Å²) in [6.07, 6.45) is 6.73. The Morgan fingerprint density at radius 3 is 2.73 bits per heavy atom. The summed E-state index contributed by atoms with van der Waals surface area (Å²) in [6.45, 7) is 2.74. The first-order valence-corrected chi connectivity index (χ1v) is 10.7. The van der Waals surface area contributed by atoms with Crippen molar-refractivity contribution in [1.29, 1.82) is 0 Å². The lowest BCUT2D eigenvalue weighted by Gasteiger charge is -2.24. The second-order valence-electron chi connectivity index (χ2n) is 8.33. The Balaban J connectivity index is 1.85. The predicted molar refractivity (Wildman–Crippen MR) is 118 cm³/mol. The minimum atomic E-state index is -0.912. The summed E-state index contributed by atoms with van der Waals surface area (Å²) in [6, 6.07) is 12.9. The molecule has 0 bridgehead atoms. The maximum absolute atomic E-state index is 12.0. The fraction of sp³-hybridized carbons (Fsp3) is 0.360. The number of carbonyl (C=O) groups is 2. The van der Waals surface area contributed by atoms with Gasteiger partial charge in [-0.2, -0.15) is 0 Å². The minimum absolute atomic E-state index is 0.332. The molecule has 0 saturated carbocycles. The Bertz CT molecular complexity index is 1110. The molecule has 3 N–H and O–H groups in total. The molecule has 5 nitrogen and oxygen atoms in total. The summed E-state index contributed by atoms with van der Waals surface area (Å²) in [5.74, 6) is -0.738. The lowest BCUT2D eigenvalue weighted by molar-refractivity contribution is 0.0698. The largest absolute Gasteiger partial charge is 0.478 e. The van der Waals surface area contributed by atoms with Crippen molar-refractivity contribution in [2.45, 2.75) is 52.0 Å². The van der Waals surface area contributed by atoms with Gasteiger partial charge in [-0.05, 0) is 54.5 Å². The van der Waals surface area contributed by atoms with E-state index >= 15 is 0 Å². The van der Waals surface area contributed by atoms with Crippen LogP contribution in [0.25, 0.3) is 10.9 Å². The molecule has 0 saturated heterocycles. The number of aryl methyl sites for hydroxylation is 1. The highest BCUT2D eigenvalue weighted by Gasteiger charge is 2.27. The number of rotatable bonds is 7. The Kier molecular flexibility index (Phi) is 5.62. The van der Waals surface area contributed by atoms with E-state index in [0.29, 0.717) is 23.6 Å². The zero-order chi connectivity index (χ0) is 21.3. The van der Waals surface area contributed by atoms with Gasteiger partial charge in [0, 0.05) is 23.2 Å². The van der Waals surface area contributed by atoms with Gasteiger partial charge >= 0.3 is 5.97 Å². The minimum Gasteiger partial charge on any atom is -0.478 e. The maximum Gasteiger partial charge on any atom is 0.337 e. The Labute approximate surface area is 176 Å². The van der Waals surface area contributed by atoms with Gasteiger partial charge in [-0.3, -0.25) is 4.79 Å². The molecule has 5 heteroatoms. The second kappa shape index (κ2) is 8.34. The van der Waals surface area contributed by atoms with Crippen LogP contribution >= 0.6 is 0 Å². The molecule has 3 aromatic rings. The molecule has 0 aliphatic heterocycles. The fourth-order valence-corrected chi connectivity index (χ4v) is 4.86. The van der Waals surface area contributed by atoms with Crippen molar-refractivity contribution in [2.75, 3.05) is 0 Å². The summed E-state index contributed by atoms with van der Waals surface area (Å²) in [5.41, 5.74) is 10.5. The first-order valence-electron chi connectivity index (χ1n) is 10.7. The number of aromatic nitrogens is 1. The maximum atomic E-state index is 12.0. The molecule has 156 valence electrons. The molecule has 1 amide bonds. The van der Waals surface area contributed by atoms with Crippen molar-refractivity contribution in [3.63, 3.8) is 0 Å². The Morgan fingerprint density at radius 1 is 1.20 bits per heavy atom. The van der Waals surface area contributed by atoms with Gasteiger partial charge < -0.3 is 15.4 Å². The number of nitrogens with zero attached hydrogens (tertiary/aromatic N) is 1. The molecule has 1 atom stereocenters. The van der Waals surface area contributed by atoms with Gasteiger partial charge in [-0.25, -0.2) is 4.79 Å². The summed E-state index contributed by atoms with van der Waals surface area (Å²) in [5, 5.41) is 10.9. The van der Waals surface area contributed by atoms with Crippen molar-refractivity contribution in [3.8, 4) is 0 Å². The van der Waals surface area contributed by atoms with Crippen LogP contribution in [-0.2, 0) is 19.4 Å². The Morgan fingerprint density at radius 2 is 2.00 bits per heavy atom. The number of amides is 1. The summed E-state index contributed by atoms with van der Waals surface area (Å²) in [7, 11) is 0. The van der Waals surface area contributed by atoms with E-state index in [9.17, 15) is 14.7 Å². The molecular weight excluding hydrogens is 376 g/mol. The number of primary amides is 1. The third kappa shape index (κ3) is 3.72. The highest BCUT2D eigenvalue weighted by molar-refractivity contribution is 6.04. The third-order valence-corrected chi connectivity index (χ3v) is 6.34. The summed E-state index contributed by atoms with van der Waals surface area (Å²) >= 11 is 0. The van der Waals surface area contributed by atoms with E-state index in [2.05, 4.69) is 11.5 Å². The van der Waals surface area contributed by atoms with Crippen molar-refractivity contribution in [3.05, 3.63) is 70.4 Å². The number of carboxylic acid groups (broad SMARTS) is 1. The molecular formula is C25H28N2O3. The van der Waals surface area contributed by atoms with Gasteiger partial charge in [0.25, 0.3) is 0 Å². The van der Waals surface area contributed by atoms with Gasteiger partial charge in [0.15, 0.2) is 0 Å². The molecule has 0 spiro atoms. The number of para-hydroxylation sites is 1.